The fourth-order valence-corrected chi connectivity index (χ4v) is 2.61. The smallest absolute Gasteiger partial charge is 0.260 e. The third-order valence-electron chi connectivity index (χ3n) is 3.74. The second kappa shape index (κ2) is 8.29. The zero-order valence-corrected chi connectivity index (χ0v) is 15.9. The minimum absolute atomic E-state index is 0.0779. The summed E-state index contributed by atoms with van der Waals surface area (Å²) in [5.41, 5.74) is 2.25. The number of nitrogens with zero attached hydrogens (tertiary/aromatic N) is 1. The van der Waals surface area contributed by atoms with Crippen LogP contribution in [0.15, 0.2) is 30.3 Å². The van der Waals surface area contributed by atoms with E-state index in [-0.39, 0.29) is 23.0 Å². The predicted octanol–water partition coefficient (Wildman–Crippen LogP) is 3.85. The highest BCUT2D eigenvalue weighted by Gasteiger charge is 2.18. The summed E-state index contributed by atoms with van der Waals surface area (Å²) >= 11 is 6.07. The van der Waals surface area contributed by atoms with E-state index < -0.39 is 11.7 Å². The summed E-state index contributed by atoms with van der Waals surface area (Å²) in [5.74, 6) is -1.51. The van der Waals surface area contributed by atoms with Gasteiger partial charge in [-0.25, -0.2) is 4.39 Å². The van der Waals surface area contributed by atoms with Crippen LogP contribution in [0.2, 0.25) is 5.02 Å². The molecule has 2 amide bonds. The Morgan fingerprint density at radius 3 is 2.38 bits per heavy atom. The van der Waals surface area contributed by atoms with Crippen LogP contribution in [-0.2, 0) is 4.79 Å². The molecule has 2 aromatic rings. The zero-order valence-electron chi connectivity index (χ0n) is 15.1. The molecule has 0 saturated heterocycles. The molecule has 0 heterocycles. The fraction of sp³-hybridized carbons (Fsp3) is 0.263. The van der Waals surface area contributed by atoms with Crippen LogP contribution in [0, 0.1) is 19.7 Å². The molecule has 2 aromatic carbocycles. The van der Waals surface area contributed by atoms with Crippen molar-refractivity contribution in [3.63, 3.8) is 0 Å². The number of nitrogens with one attached hydrogen (secondary N) is 2. The summed E-state index contributed by atoms with van der Waals surface area (Å²) in [4.78, 5) is 26.1. The van der Waals surface area contributed by atoms with Gasteiger partial charge in [-0.2, -0.15) is 0 Å². The minimum atomic E-state index is -0.690. The summed E-state index contributed by atoms with van der Waals surface area (Å²) in [6.07, 6.45) is 0. The molecule has 0 fully saturated rings. The normalized spacial score (nSPS) is 10.7. The van der Waals surface area contributed by atoms with Gasteiger partial charge in [0.2, 0.25) is 5.91 Å². The van der Waals surface area contributed by atoms with Gasteiger partial charge in [0.25, 0.3) is 5.91 Å². The fourth-order valence-electron chi connectivity index (χ4n) is 2.37. The maximum Gasteiger partial charge on any atom is 0.260 e. The summed E-state index contributed by atoms with van der Waals surface area (Å²) in [6.45, 7) is 3.77. The highest BCUT2D eigenvalue weighted by molar-refractivity contribution is 6.35. The number of likely N-dealkylation sites (N-methyl/N-ethyl adjacent to an activating group) is 1. The average molecular weight is 378 g/mol. The molecule has 0 spiro atoms. The molecule has 2 N–H and O–H groups in total. The van der Waals surface area contributed by atoms with Crippen LogP contribution in [0.3, 0.4) is 0 Å². The van der Waals surface area contributed by atoms with E-state index in [4.69, 9.17) is 11.6 Å². The number of benzene rings is 2. The number of rotatable bonds is 5. The number of aryl methyl sites for hydroxylation is 2. The Labute approximate surface area is 157 Å². The van der Waals surface area contributed by atoms with Crippen molar-refractivity contribution >= 4 is 34.8 Å². The number of amides is 2. The van der Waals surface area contributed by atoms with Crippen molar-refractivity contribution in [1.82, 2.24) is 4.90 Å². The molecule has 0 atom stereocenters. The number of anilines is 2. The van der Waals surface area contributed by atoms with Gasteiger partial charge in [0.15, 0.2) is 0 Å². The van der Waals surface area contributed by atoms with E-state index in [9.17, 15) is 14.0 Å². The third kappa shape index (κ3) is 4.80. The Morgan fingerprint density at radius 1 is 1.08 bits per heavy atom. The molecule has 0 unspecified atom stereocenters. The van der Waals surface area contributed by atoms with E-state index in [0.29, 0.717) is 16.9 Å². The SMILES string of the molecule is Cc1ccc(NC(=O)c2c(F)ccc(C)c2Cl)cc1NC(=O)CN(C)C. The van der Waals surface area contributed by atoms with Crippen molar-refractivity contribution in [2.24, 2.45) is 0 Å². The van der Waals surface area contributed by atoms with Crippen LogP contribution < -0.4 is 10.6 Å². The Balaban J connectivity index is 2.23. The summed E-state index contributed by atoms with van der Waals surface area (Å²) in [6, 6.07) is 7.78. The summed E-state index contributed by atoms with van der Waals surface area (Å²) < 4.78 is 14.0. The molecule has 0 saturated carbocycles. The quantitative estimate of drug-likeness (QED) is 0.832. The van der Waals surface area contributed by atoms with Crippen molar-refractivity contribution in [1.29, 1.82) is 0 Å². The van der Waals surface area contributed by atoms with E-state index >= 15 is 0 Å². The lowest BCUT2D eigenvalue weighted by Gasteiger charge is -2.14. The van der Waals surface area contributed by atoms with E-state index in [1.807, 2.05) is 6.92 Å². The van der Waals surface area contributed by atoms with Gasteiger partial charge in [-0.15, -0.1) is 0 Å². The topological polar surface area (TPSA) is 61.4 Å². The molecule has 0 aliphatic carbocycles. The minimum Gasteiger partial charge on any atom is -0.325 e. The second-order valence-corrected chi connectivity index (χ2v) is 6.70. The number of halogens is 2. The molecule has 26 heavy (non-hydrogen) atoms. The van der Waals surface area contributed by atoms with E-state index in [0.717, 1.165) is 5.56 Å². The number of hydrogen-bond donors (Lipinski definition) is 2. The molecule has 0 aromatic heterocycles. The van der Waals surface area contributed by atoms with Gasteiger partial charge in [-0.3, -0.25) is 9.59 Å². The number of carbonyl (C=O) groups is 2. The van der Waals surface area contributed by atoms with Crippen LogP contribution in [0.25, 0.3) is 0 Å². The van der Waals surface area contributed by atoms with Crippen molar-refractivity contribution in [2.75, 3.05) is 31.3 Å². The lowest BCUT2D eigenvalue weighted by Crippen LogP contribution is -2.27. The lowest BCUT2D eigenvalue weighted by atomic mass is 10.1. The van der Waals surface area contributed by atoms with Gasteiger partial charge < -0.3 is 15.5 Å². The van der Waals surface area contributed by atoms with Crippen LogP contribution in [-0.4, -0.2) is 37.4 Å². The van der Waals surface area contributed by atoms with E-state index in [1.165, 1.54) is 12.1 Å². The molecular weight excluding hydrogens is 357 g/mol. The van der Waals surface area contributed by atoms with E-state index in [2.05, 4.69) is 10.6 Å². The maximum atomic E-state index is 14.0. The molecule has 0 aliphatic heterocycles. The Kier molecular flexibility index (Phi) is 6.34. The van der Waals surface area contributed by atoms with Crippen LogP contribution in [0.1, 0.15) is 21.5 Å². The van der Waals surface area contributed by atoms with Crippen molar-refractivity contribution < 1.29 is 14.0 Å². The maximum absolute atomic E-state index is 14.0. The third-order valence-corrected chi connectivity index (χ3v) is 4.23. The Bertz CT molecular complexity index is 853. The van der Waals surface area contributed by atoms with Crippen LogP contribution in [0.4, 0.5) is 15.8 Å². The molecule has 138 valence electrons. The summed E-state index contributed by atoms with van der Waals surface area (Å²) in [7, 11) is 3.59. The lowest BCUT2D eigenvalue weighted by molar-refractivity contribution is -0.116. The number of carbonyl (C=O) groups excluding carboxylic acids is 2. The first-order chi connectivity index (χ1) is 12.2. The number of hydrogen-bond acceptors (Lipinski definition) is 3. The van der Waals surface area contributed by atoms with Gasteiger partial charge >= 0.3 is 0 Å². The first kappa shape index (κ1) is 19.9. The van der Waals surface area contributed by atoms with Crippen LogP contribution >= 0.6 is 11.6 Å². The van der Waals surface area contributed by atoms with Gasteiger partial charge in [0, 0.05) is 11.4 Å². The van der Waals surface area contributed by atoms with Gasteiger partial charge in [-0.05, 0) is 57.3 Å². The Morgan fingerprint density at radius 2 is 1.73 bits per heavy atom. The first-order valence-corrected chi connectivity index (χ1v) is 8.38. The predicted molar refractivity (Wildman–Crippen MR) is 102 cm³/mol. The average Bonchev–Trinajstić information content (AvgIpc) is 2.54. The molecule has 5 nitrogen and oxygen atoms in total. The highest BCUT2D eigenvalue weighted by atomic mass is 35.5. The van der Waals surface area contributed by atoms with Crippen molar-refractivity contribution in [2.45, 2.75) is 13.8 Å². The second-order valence-electron chi connectivity index (χ2n) is 6.32. The summed E-state index contributed by atoms with van der Waals surface area (Å²) in [5, 5.41) is 5.50. The van der Waals surface area contributed by atoms with Gasteiger partial charge in [0.05, 0.1) is 17.1 Å². The molecule has 0 aliphatic rings. The van der Waals surface area contributed by atoms with Gasteiger partial charge in [0.1, 0.15) is 5.82 Å². The van der Waals surface area contributed by atoms with Crippen molar-refractivity contribution in [3.8, 4) is 0 Å². The largest absolute Gasteiger partial charge is 0.325 e. The van der Waals surface area contributed by atoms with E-state index in [1.54, 1.807) is 44.1 Å². The molecular formula is C19H21ClFN3O2. The highest BCUT2D eigenvalue weighted by Crippen LogP contribution is 2.26. The standard InChI is InChI=1S/C19H21ClFN3O2/c1-11-5-7-13(9-15(11)23-16(25)10-24(3)4)22-19(26)17-14(21)8-6-12(2)18(17)20/h5-9H,10H2,1-4H3,(H,22,26)(H,23,25). The van der Waals surface area contributed by atoms with Gasteiger partial charge in [-0.1, -0.05) is 23.7 Å². The van der Waals surface area contributed by atoms with Crippen LogP contribution in [0.5, 0.6) is 0 Å². The van der Waals surface area contributed by atoms with Crippen molar-refractivity contribution in [3.05, 3.63) is 57.9 Å². The molecule has 0 radical (unpaired) electrons. The molecule has 2 rings (SSSR count). The Hall–Kier alpha value is -2.44. The molecule has 7 heteroatoms. The zero-order chi connectivity index (χ0) is 19.4. The molecule has 0 bridgehead atoms. The monoisotopic (exact) mass is 377 g/mol. The first-order valence-electron chi connectivity index (χ1n) is 8.00.